The summed E-state index contributed by atoms with van der Waals surface area (Å²) in [6, 6.07) is 1.96. The summed E-state index contributed by atoms with van der Waals surface area (Å²) in [5.74, 6) is -3.46. The maximum atomic E-state index is 13.3. The zero-order chi connectivity index (χ0) is 15.9. The van der Waals surface area contributed by atoms with E-state index >= 15 is 0 Å². The molecule has 22 heavy (non-hydrogen) atoms. The number of morpholine rings is 1. The Morgan fingerprint density at radius 2 is 2.00 bits per heavy atom. The fraction of sp³-hybridized carbons (Fsp3) is 0.533. The molecule has 0 amide bonds. The molecule has 1 aliphatic heterocycles. The number of nitrogens with zero attached hydrogens (tertiary/aromatic N) is 2. The third kappa shape index (κ3) is 3.04. The average molecular weight is 313 g/mol. The molecule has 1 saturated carbocycles. The van der Waals surface area contributed by atoms with Gasteiger partial charge in [-0.25, -0.2) is 18.2 Å². The smallest absolute Gasteiger partial charge is 0.194 e. The summed E-state index contributed by atoms with van der Waals surface area (Å²) in [7, 11) is 0. The number of benzene rings is 1. The number of nitrogens with two attached hydrogens (primary N) is 1. The molecule has 0 radical (unpaired) electrons. The van der Waals surface area contributed by atoms with E-state index in [9.17, 15) is 13.2 Å². The van der Waals surface area contributed by atoms with Gasteiger partial charge in [0, 0.05) is 19.0 Å². The topological polar surface area (TPSA) is 50.8 Å². The minimum Gasteiger partial charge on any atom is -0.375 e. The lowest BCUT2D eigenvalue weighted by Crippen LogP contribution is -2.48. The van der Waals surface area contributed by atoms with Crippen molar-refractivity contribution in [1.82, 2.24) is 4.90 Å². The minimum absolute atomic E-state index is 0.0952. The van der Waals surface area contributed by atoms with E-state index in [1.54, 1.807) is 0 Å². The van der Waals surface area contributed by atoms with Gasteiger partial charge in [-0.1, -0.05) is 0 Å². The summed E-state index contributed by atoms with van der Waals surface area (Å²) in [6.45, 7) is 3.91. The Morgan fingerprint density at radius 3 is 2.64 bits per heavy atom. The molecule has 3 atom stereocenters. The average Bonchev–Trinajstić information content (AvgIpc) is 3.23. The molecule has 0 aromatic heterocycles. The first-order chi connectivity index (χ1) is 10.5. The first kappa shape index (κ1) is 15.1. The number of halogens is 3. The van der Waals surface area contributed by atoms with Crippen LogP contribution in [0.15, 0.2) is 17.1 Å². The monoisotopic (exact) mass is 313 g/mol. The van der Waals surface area contributed by atoms with Crippen LogP contribution in [0.1, 0.15) is 24.8 Å². The van der Waals surface area contributed by atoms with Gasteiger partial charge in [-0.2, -0.15) is 0 Å². The molecule has 1 aliphatic carbocycles. The van der Waals surface area contributed by atoms with Crippen LogP contribution >= 0.6 is 0 Å². The molecule has 2 aliphatic rings. The number of aliphatic imine (C=N–C) groups is 1. The van der Waals surface area contributed by atoms with Gasteiger partial charge in [0.05, 0.1) is 18.8 Å². The van der Waals surface area contributed by atoms with Crippen molar-refractivity contribution in [1.29, 1.82) is 0 Å². The lowest BCUT2D eigenvalue weighted by atomic mass is 10.1. The molecule has 2 fully saturated rings. The van der Waals surface area contributed by atoms with Crippen LogP contribution in [-0.2, 0) is 4.74 Å². The summed E-state index contributed by atoms with van der Waals surface area (Å²) in [4.78, 5) is 6.35. The second-order valence-electron chi connectivity index (χ2n) is 5.82. The maximum Gasteiger partial charge on any atom is 0.194 e. The molecule has 0 spiro atoms. The van der Waals surface area contributed by atoms with Crippen LogP contribution in [0, 0.1) is 17.5 Å². The van der Waals surface area contributed by atoms with Crippen molar-refractivity contribution in [2.75, 3.05) is 19.7 Å². The van der Waals surface area contributed by atoms with Crippen LogP contribution in [0.4, 0.5) is 13.2 Å². The fourth-order valence-corrected chi connectivity index (χ4v) is 2.75. The summed E-state index contributed by atoms with van der Waals surface area (Å²) in [5, 5.41) is 0. The molecule has 3 rings (SSSR count). The molecular formula is C15H18F3N3O. The van der Waals surface area contributed by atoms with Crippen LogP contribution in [0.5, 0.6) is 0 Å². The fourth-order valence-electron chi connectivity index (χ4n) is 2.75. The van der Waals surface area contributed by atoms with Gasteiger partial charge >= 0.3 is 0 Å². The van der Waals surface area contributed by atoms with Crippen LogP contribution in [0.3, 0.4) is 0 Å². The highest BCUT2D eigenvalue weighted by molar-refractivity contribution is 5.78. The Kier molecular flexibility index (Phi) is 3.99. The summed E-state index contributed by atoms with van der Waals surface area (Å²) in [5.41, 5.74) is 6.41. The summed E-state index contributed by atoms with van der Waals surface area (Å²) < 4.78 is 44.9. The van der Waals surface area contributed by atoms with Crippen molar-refractivity contribution in [2.45, 2.75) is 31.4 Å². The standard InChI is InChI=1S/C15H18F3N3O/c1-8-7-21(2-3-22-8)15(19)20-13-6-10(13)9-4-11(16)14(18)12(17)5-9/h4-5,8,10,13H,2-3,6-7H2,1H3,(H2,19,20)/t8?,10-,13+/m0/s1. The molecule has 0 bridgehead atoms. The van der Waals surface area contributed by atoms with E-state index in [0.717, 1.165) is 12.1 Å². The van der Waals surface area contributed by atoms with Gasteiger partial charge in [0.25, 0.3) is 0 Å². The number of ether oxygens (including phenoxy) is 1. The van der Waals surface area contributed by atoms with E-state index in [-0.39, 0.29) is 18.1 Å². The molecule has 1 saturated heterocycles. The van der Waals surface area contributed by atoms with Crippen molar-refractivity contribution in [3.63, 3.8) is 0 Å². The SMILES string of the molecule is CC1CN(C(N)=N[C@@H]2C[C@H]2c2cc(F)c(F)c(F)c2)CCO1. The molecular weight excluding hydrogens is 295 g/mol. The Morgan fingerprint density at radius 1 is 1.32 bits per heavy atom. The highest BCUT2D eigenvalue weighted by Gasteiger charge is 2.40. The first-order valence-electron chi connectivity index (χ1n) is 7.30. The van der Waals surface area contributed by atoms with Crippen molar-refractivity contribution >= 4 is 5.96 Å². The van der Waals surface area contributed by atoms with E-state index in [4.69, 9.17) is 10.5 Å². The molecule has 120 valence electrons. The van der Waals surface area contributed by atoms with E-state index < -0.39 is 17.5 Å². The zero-order valence-corrected chi connectivity index (χ0v) is 12.2. The molecule has 1 aromatic rings. The Bertz CT molecular complexity index is 585. The van der Waals surface area contributed by atoms with Crippen molar-refractivity contribution in [3.8, 4) is 0 Å². The highest BCUT2D eigenvalue weighted by Crippen LogP contribution is 2.44. The second-order valence-corrected chi connectivity index (χ2v) is 5.82. The molecule has 4 nitrogen and oxygen atoms in total. The van der Waals surface area contributed by atoms with Crippen molar-refractivity contribution in [2.24, 2.45) is 10.7 Å². The number of guanidine groups is 1. The van der Waals surface area contributed by atoms with Crippen LogP contribution < -0.4 is 5.73 Å². The molecule has 2 N–H and O–H groups in total. The van der Waals surface area contributed by atoms with Gasteiger partial charge < -0.3 is 15.4 Å². The van der Waals surface area contributed by atoms with Crippen LogP contribution in [0.25, 0.3) is 0 Å². The highest BCUT2D eigenvalue weighted by atomic mass is 19.2. The molecule has 1 heterocycles. The lowest BCUT2D eigenvalue weighted by Gasteiger charge is -2.31. The van der Waals surface area contributed by atoms with Gasteiger partial charge in [-0.3, -0.25) is 0 Å². The maximum absolute atomic E-state index is 13.3. The van der Waals surface area contributed by atoms with E-state index in [2.05, 4.69) is 4.99 Å². The third-order valence-electron chi connectivity index (χ3n) is 4.05. The Hall–Kier alpha value is -1.76. The van der Waals surface area contributed by atoms with E-state index in [1.165, 1.54) is 0 Å². The van der Waals surface area contributed by atoms with E-state index in [0.29, 0.717) is 37.6 Å². The number of rotatable bonds is 2. The molecule has 1 aromatic carbocycles. The number of hydrogen-bond acceptors (Lipinski definition) is 2. The van der Waals surface area contributed by atoms with Gasteiger partial charge in [-0.15, -0.1) is 0 Å². The van der Waals surface area contributed by atoms with Crippen LogP contribution in [-0.4, -0.2) is 42.7 Å². The number of hydrogen-bond donors (Lipinski definition) is 1. The summed E-state index contributed by atoms with van der Waals surface area (Å²) in [6.07, 6.45) is 0.753. The zero-order valence-electron chi connectivity index (χ0n) is 12.2. The van der Waals surface area contributed by atoms with Gasteiger partial charge in [0.15, 0.2) is 23.4 Å². The van der Waals surface area contributed by atoms with Gasteiger partial charge in [0.2, 0.25) is 0 Å². The Balaban J connectivity index is 1.68. The first-order valence-corrected chi connectivity index (χ1v) is 7.30. The van der Waals surface area contributed by atoms with Gasteiger partial charge in [-0.05, 0) is 31.0 Å². The normalized spacial score (nSPS) is 28.8. The lowest BCUT2D eigenvalue weighted by molar-refractivity contribution is 0.00528. The minimum atomic E-state index is -1.44. The molecule has 1 unspecified atom stereocenters. The second kappa shape index (κ2) is 5.79. The quantitative estimate of drug-likeness (QED) is 0.516. The van der Waals surface area contributed by atoms with Crippen LogP contribution in [0.2, 0.25) is 0 Å². The molecule has 7 heteroatoms. The van der Waals surface area contributed by atoms with Crippen molar-refractivity contribution in [3.05, 3.63) is 35.1 Å². The van der Waals surface area contributed by atoms with Crippen molar-refractivity contribution < 1.29 is 17.9 Å². The summed E-state index contributed by atoms with van der Waals surface area (Å²) >= 11 is 0. The largest absolute Gasteiger partial charge is 0.375 e. The Labute approximate surface area is 126 Å². The predicted molar refractivity (Wildman–Crippen MR) is 76.1 cm³/mol. The van der Waals surface area contributed by atoms with Gasteiger partial charge in [0.1, 0.15) is 0 Å². The van der Waals surface area contributed by atoms with E-state index in [1.807, 2.05) is 11.8 Å². The predicted octanol–water partition coefficient (Wildman–Crippen LogP) is 2.00. The third-order valence-corrected chi connectivity index (χ3v) is 4.05.